The van der Waals surface area contributed by atoms with E-state index >= 15 is 0 Å². The number of hydrogen-bond donors (Lipinski definition) is 2. The zero-order valence-corrected chi connectivity index (χ0v) is 13.6. The molecule has 0 bridgehead atoms. The van der Waals surface area contributed by atoms with Crippen molar-refractivity contribution in [1.82, 2.24) is 15.2 Å². The van der Waals surface area contributed by atoms with Crippen LogP contribution in [0.4, 0.5) is 0 Å². The van der Waals surface area contributed by atoms with E-state index in [9.17, 15) is 0 Å². The molecule has 120 valence electrons. The van der Waals surface area contributed by atoms with Crippen LogP contribution in [0, 0.1) is 5.92 Å². The van der Waals surface area contributed by atoms with Crippen molar-refractivity contribution in [3.63, 3.8) is 0 Å². The van der Waals surface area contributed by atoms with Crippen molar-refractivity contribution in [3.8, 4) is 0 Å². The Balaban J connectivity index is 2.00. The van der Waals surface area contributed by atoms with Gasteiger partial charge >= 0.3 is 0 Å². The molecular weight excluding hydrogens is 264 g/mol. The highest BCUT2D eigenvalue weighted by atomic mass is 16.5. The number of hydrogen-bond acceptors (Lipinski definition) is 4. The van der Waals surface area contributed by atoms with E-state index in [1.165, 1.54) is 25.7 Å². The standard InChI is InChI=1S/C16H30N4O/c1-4-21-16(12(2)3)15(18-17)11-13-9-10-20(19-13)14-7-5-6-8-14/h9-10,12,14-16,18H,4-8,11,17H2,1-3H3. The molecular formula is C16H30N4O. The van der Waals surface area contributed by atoms with Gasteiger partial charge in [0.1, 0.15) is 0 Å². The first kappa shape index (κ1) is 16.5. The molecule has 1 aliphatic carbocycles. The molecule has 2 unspecified atom stereocenters. The molecule has 1 saturated carbocycles. The van der Waals surface area contributed by atoms with Crippen LogP contribution >= 0.6 is 0 Å². The zero-order chi connectivity index (χ0) is 15.2. The van der Waals surface area contributed by atoms with Gasteiger partial charge in [-0.1, -0.05) is 26.7 Å². The molecule has 5 heteroatoms. The van der Waals surface area contributed by atoms with Crippen LogP contribution in [-0.4, -0.2) is 28.5 Å². The minimum absolute atomic E-state index is 0.0943. The number of rotatable bonds is 8. The molecule has 2 atom stereocenters. The molecule has 1 fully saturated rings. The summed E-state index contributed by atoms with van der Waals surface area (Å²) in [6.45, 7) is 7.07. The summed E-state index contributed by atoms with van der Waals surface area (Å²) in [6, 6.07) is 2.80. The topological polar surface area (TPSA) is 65.1 Å². The monoisotopic (exact) mass is 294 g/mol. The molecule has 0 saturated heterocycles. The molecule has 3 N–H and O–H groups in total. The maximum Gasteiger partial charge on any atom is 0.0767 e. The van der Waals surface area contributed by atoms with Crippen molar-refractivity contribution in [2.75, 3.05) is 6.61 Å². The molecule has 0 spiro atoms. The second-order valence-corrected chi connectivity index (χ2v) is 6.37. The number of hydrazine groups is 1. The van der Waals surface area contributed by atoms with Gasteiger partial charge in [0.15, 0.2) is 0 Å². The Morgan fingerprint density at radius 2 is 2.14 bits per heavy atom. The summed E-state index contributed by atoms with van der Waals surface area (Å²) in [7, 11) is 0. The summed E-state index contributed by atoms with van der Waals surface area (Å²) < 4.78 is 8.00. The number of ether oxygens (including phenoxy) is 1. The highest BCUT2D eigenvalue weighted by Crippen LogP contribution is 2.28. The molecule has 0 radical (unpaired) electrons. The van der Waals surface area contributed by atoms with E-state index in [0.717, 1.165) is 12.1 Å². The third-order valence-electron chi connectivity index (χ3n) is 4.42. The Hall–Kier alpha value is -0.910. The molecule has 5 nitrogen and oxygen atoms in total. The van der Waals surface area contributed by atoms with Crippen LogP contribution in [0.1, 0.15) is 58.2 Å². The zero-order valence-electron chi connectivity index (χ0n) is 13.6. The van der Waals surface area contributed by atoms with Crippen molar-refractivity contribution in [3.05, 3.63) is 18.0 Å². The van der Waals surface area contributed by atoms with Crippen LogP contribution in [0.25, 0.3) is 0 Å². The predicted molar refractivity (Wildman–Crippen MR) is 84.8 cm³/mol. The Morgan fingerprint density at radius 3 is 2.71 bits per heavy atom. The van der Waals surface area contributed by atoms with Crippen molar-refractivity contribution < 1.29 is 4.74 Å². The summed E-state index contributed by atoms with van der Waals surface area (Å²) in [5, 5.41) is 4.75. The van der Waals surface area contributed by atoms with E-state index in [1.54, 1.807) is 0 Å². The van der Waals surface area contributed by atoms with Crippen LogP contribution in [0.15, 0.2) is 12.3 Å². The van der Waals surface area contributed by atoms with Crippen LogP contribution in [0.5, 0.6) is 0 Å². The number of nitrogens with one attached hydrogen (secondary N) is 1. The van der Waals surface area contributed by atoms with Crippen molar-refractivity contribution in [1.29, 1.82) is 0 Å². The summed E-state index contributed by atoms with van der Waals surface area (Å²) in [6.07, 6.45) is 8.19. The lowest BCUT2D eigenvalue weighted by molar-refractivity contribution is 0.00330. The van der Waals surface area contributed by atoms with Gasteiger partial charge in [0.05, 0.1) is 23.9 Å². The highest BCUT2D eigenvalue weighted by molar-refractivity contribution is 5.04. The van der Waals surface area contributed by atoms with Gasteiger partial charge in [0.25, 0.3) is 0 Å². The number of nitrogens with zero attached hydrogens (tertiary/aromatic N) is 2. The molecule has 0 aliphatic heterocycles. The Kier molecular flexibility index (Phi) is 6.21. The third-order valence-corrected chi connectivity index (χ3v) is 4.42. The first-order chi connectivity index (χ1) is 10.2. The van der Waals surface area contributed by atoms with Crippen molar-refractivity contribution in [2.45, 2.75) is 71.1 Å². The predicted octanol–water partition coefficient (Wildman–Crippen LogP) is 2.43. The van der Waals surface area contributed by atoms with Crippen molar-refractivity contribution in [2.24, 2.45) is 11.8 Å². The maximum absolute atomic E-state index is 5.86. The van der Waals surface area contributed by atoms with E-state index in [2.05, 4.69) is 36.2 Å². The molecule has 0 aromatic carbocycles. The van der Waals surface area contributed by atoms with Gasteiger partial charge in [-0.15, -0.1) is 0 Å². The molecule has 1 aromatic heterocycles. The van der Waals surface area contributed by atoms with Gasteiger partial charge in [-0.3, -0.25) is 16.0 Å². The highest BCUT2D eigenvalue weighted by Gasteiger charge is 2.25. The fraction of sp³-hybridized carbons (Fsp3) is 0.812. The minimum Gasteiger partial charge on any atom is -0.377 e. The van der Waals surface area contributed by atoms with Crippen LogP contribution in [0.2, 0.25) is 0 Å². The molecule has 1 aliphatic rings. The average molecular weight is 294 g/mol. The minimum atomic E-state index is 0.0943. The van der Waals surface area contributed by atoms with Gasteiger partial charge in [-0.2, -0.15) is 5.10 Å². The van der Waals surface area contributed by atoms with Crippen LogP contribution < -0.4 is 11.3 Å². The lowest BCUT2D eigenvalue weighted by atomic mass is 9.96. The van der Waals surface area contributed by atoms with E-state index in [-0.39, 0.29) is 12.1 Å². The van der Waals surface area contributed by atoms with E-state index < -0.39 is 0 Å². The average Bonchev–Trinajstić information content (AvgIpc) is 3.12. The largest absolute Gasteiger partial charge is 0.377 e. The summed E-state index contributed by atoms with van der Waals surface area (Å²) >= 11 is 0. The molecule has 2 rings (SSSR count). The smallest absolute Gasteiger partial charge is 0.0767 e. The maximum atomic E-state index is 5.86. The fourth-order valence-electron chi connectivity index (χ4n) is 3.32. The first-order valence-corrected chi connectivity index (χ1v) is 8.27. The fourth-order valence-corrected chi connectivity index (χ4v) is 3.32. The summed E-state index contributed by atoms with van der Waals surface area (Å²) in [5.74, 6) is 6.17. The van der Waals surface area contributed by atoms with E-state index in [1.807, 2.05) is 6.92 Å². The first-order valence-electron chi connectivity index (χ1n) is 8.27. The normalized spacial score (nSPS) is 19.3. The Morgan fingerprint density at radius 1 is 1.43 bits per heavy atom. The van der Waals surface area contributed by atoms with Gasteiger partial charge in [0, 0.05) is 19.2 Å². The van der Waals surface area contributed by atoms with Gasteiger partial charge in [0.2, 0.25) is 0 Å². The summed E-state index contributed by atoms with van der Waals surface area (Å²) in [5.41, 5.74) is 4.01. The SMILES string of the molecule is CCOC(C(C)C)C(Cc1ccn(C2CCCC2)n1)NN. The lowest BCUT2D eigenvalue weighted by Crippen LogP contribution is -2.49. The van der Waals surface area contributed by atoms with Gasteiger partial charge in [-0.25, -0.2) is 0 Å². The second kappa shape index (κ2) is 7.92. The van der Waals surface area contributed by atoms with Crippen LogP contribution in [0.3, 0.4) is 0 Å². The number of aromatic nitrogens is 2. The lowest BCUT2D eigenvalue weighted by Gasteiger charge is -2.29. The Labute approximate surface area is 128 Å². The summed E-state index contributed by atoms with van der Waals surface area (Å²) in [4.78, 5) is 0. The van der Waals surface area contributed by atoms with Gasteiger partial charge < -0.3 is 4.74 Å². The second-order valence-electron chi connectivity index (χ2n) is 6.37. The third kappa shape index (κ3) is 4.28. The Bertz CT molecular complexity index is 412. The number of nitrogens with two attached hydrogens (primary N) is 1. The van der Waals surface area contributed by atoms with E-state index in [4.69, 9.17) is 15.7 Å². The molecule has 1 heterocycles. The van der Waals surface area contributed by atoms with Gasteiger partial charge in [-0.05, 0) is 31.7 Å². The quantitative estimate of drug-likeness (QED) is 0.571. The van der Waals surface area contributed by atoms with Crippen molar-refractivity contribution >= 4 is 0 Å². The molecule has 21 heavy (non-hydrogen) atoms. The van der Waals surface area contributed by atoms with E-state index in [0.29, 0.717) is 18.6 Å². The molecule has 0 amide bonds. The van der Waals surface area contributed by atoms with Crippen LogP contribution in [-0.2, 0) is 11.2 Å². The molecule has 1 aromatic rings.